The van der Waals surface area contributed by atoms with Crippen LogP contribution in [0, 0.1) is 11.8 Å². The highest BCUT2D eigenvalue weighted by molar-refractivity contribution is 5.81. The van der Waals surface area contributed by atoms with Gasteiger partial charge in [0.2, 0.25) is 0 Å². The Morgan fingerprint density at radius 2 is 2.00 bits per heavy atom. The van der Waals surface area contributed by atoms with Crippen LogP contribution in [-0.2, 0) is 4.79 Å². The minimum atomic E-state index is 0.403. The van der Waals surface area contributed by atoms with E-state index >= 15 is 0 Å². The van der Waals surface area contributed by atoms with E-state index in [0.29, 0.717) is 17.6 Å². The summed E-state index contributed by atoms with van der Waals surface area (Å²) in [6.45, 7) is 2.95. The van der Waals surface area contributed by atoms with Gasteiger partial charge < -0.3 is 5.73 Å². The first-order chi connectivity index (χ1) is 7.27. The molecule has 0 heterocycles. The van der Waals surface area contributed by atoms with Gasteiger partial charge in [0.25, 0.3) is 0 Å². The first-order valence-electron chi connectivity index (χ1n) is 6.50. The van der Waals surface area contributed by atoms with Gasteiger partial charge in [-0.3, -0.25) is 4.79 Å². The van der Waals surface area contributed by atoms with Crippen LogP contribution in [0.15, 0.2) is 0 Å². The molecule has 0 aromatic carbocycles. The Kier molecular flexibility index (Phi) is 5.92. The molecule has 0 radical (unpaired) electrons. The van der Waals surface area contributed by atoms with E-state index < -0.39 is 0 Å². The molecule has 0 spiro atoms. The first-order valence-corrected chi connectivity index (χ1v) is 6.50. The SMILES string of the molecule is CCC(CCN)CCC(=O)C1CCCC1. The molecule has 0 aromatic heterocycles. The summed E-state index contributed by atoms with van der Waals surface area (Å²) in [4.78, 5) is 11.8. The van der Waals surface area contributed by atoms with E-state index in [0.717, 1.165) is 45.1 Å². The summed E-state index contributed by atoms with van der Waals surface area (Å²) in [6.07, 6.45) is 8.90. The number of nitrogens with two attached hydrogens (primary N) is 1. The van der Waals surface area contributed by atoms with Crippen LogP contribution in [-0.4, -0.2) is 12.3 Å². The molecule has 1 unspecified atom stereocenters. The predicted octanol–water partition coefficient (Wildman–Crippen LogP) is 2.90. The van der Waals surface area contributed by atoms with E-state index in [1.807, 2.05) is 0 Å². The Labute approximate surface area is 93.6 Å². The summed E-state index contributed by atoms with van der Waals surface area (Å²) in [7, 11) is 0. The minimum absolute atomic E-state index is 0.403. The molecule has 1 aliphatic carbocycles. The van der Waals surface area contributed by atoms with E-state index in [2.05, 4.69) is 6.92 Å². The average Bonchev–Trinajstić information content (AvgIpc) is 2.77. The Bertz CT molecular complexity index is 185. The normalized spacial score (nSPS) is 19.3. The summed E-state index contributed by atoms with van der Waals surface area (Å²) < 4.78 is 0. The lowest BCUT2D eigenvalue weighted by molar-refractivity contribution is -0.123. The fourth-order valence-corrected chi connectivity index (χ4v) is 2.59. The highest BCUT2D eigenvalue weighted by atomic mass is 16.1. The lowest BCUT2D eigenvalue weighted by Crippen LogP contribution is -2.14. The first kappa shape index (κ1) is 12.7. The third-order valence-corrected chi connectivity index (χ3v) is 3.76. The van der Waals surface area contributed by atoms with Crippen molar-refractivity contribution < 1.29 is 4.79 Å². The molecule has 88 valence electrons. The van der Waals surface area contributed by atoms with Crippen LogP contribution < -0.4 is 5.73 Å². The van der Waals surface area contributed by atoms with Crippen LogP contribution in [0.3, 0.4) is 0 Å². The lowest BCUT2D eigenvalue weighted by atomic mass is 9.91. The Hall–Kier alpha value is -0.370. The summed E-state index contributed by atoms with van der Waals surface area (Å²) >= 11 is 0. The monoisotopic (exact) mass is 211 g/mol. The summed E-state index contributed by atoms with van der Waals surface area (Å²) in [5.74, 6) is 1.59. The van der Waals surface area contributed by atoms with Crippen molar-refractivity contribution in [2.24, 2.45) is 17.6 Å². The van der Waals surface area contributed by atoms with Crippen molar-refractivity contribution in [3.05, 3.63) is 0 Å². The summed E-state index contributed by atoms with van der Waals surface area (Å²) in [5.41, 5.74) is 5.55. The Morgan fingerprint density at radius 3 is 2.53 bits per heavy atom. The number of hydrogen-bond acceptors (Lipinski definition) is 2. The molecular weight excluding hydrogens is 186 g/mol. The van der Waals surface area contributed by atoms with Crippen molar-refractivity contribution in [1.82, 2.24) is 0 Å². The minimum Gasteiger partial charge on any atom is -0.330 e. The largest absolute Gasteiger partial charge is 0.330 e. The summed E-state index contributed by atoms with van der Waals surface area (Å²) in [6, 6.07) is 0. The van der Waals surface area contributed by atoms with Crippen molar-refractivity contribution >= 4 is 5.78 Å². The van der Waals surface area contributed by atoms with E-state index in [9.17, 15) is 4.79 Å². The van der Waals surface area contributed by atoms with Gasteiger partial charge in [-0.05, 0) is 38.1 Å². The number of ketones is 1. The zero-order valence-electron chi connectivity index (χ0n) is 10.0. The molecule has 1 atom stereocenters. The van der Waals surface area contributed by atoms with Gasteiger partial charge in [0.15, 0.2) is 0 Å². The van der Waals surface area contributed by atoms with Crippen molar-refractivity contribution in [3.8, 4) is 0 Å². The quantitative estimate of drug-likeness (QED) is 0.703. The number of hydrogen-bond donors (Lipinski definition) is 1. The van der Waals surface area contributed by atoms with Crippen molar-refractivity contribution in [2.45, 2.75) is 58.3 Å². The van der Waals surface area contributed by atoms with Crippen molar-refractivity contribution in [2.75, 3.05) is 6.54 Å². The molecule has 2 nitrogen and oxygen atoms in total. The second kappa shape index (κ2) is 7.00. The van der Waals surface area contributed by atoms with Crippen LogP contribution >= 0.6 is 0 Å². The number of carbonyl (C=O) groups is 1. The molecule has 0 amide bonds. The molecule has 1 rings (SSSR count). The maximum absolute atomic E-state index is 11.8. The third kappa shape index (κ3) is 4.33. The highest BCUT2D eigenvalue weighted by Crippen LogP contribution is 2.27. The number of Topliss-reactive ketones (excluding diaryl/α,β-unsaturated/α-hetero) is 1. The molecule has 1 aliphatic rings. The van der Waals surface area contributed by atoms with Crippen LogP contribution in [0.2, 0.25) is 0 Å². The van der Waals surface area contributed by atoms with Gasteiger partial charge >= 0.3 is 0 Å². The van der Waals surface area contributed by atoms with Gasteiger partial charge in [-0.25, -0.2) is 0 Å². The average molecular weight is 211 g/mol. The molecule has 15 heavy (non-hydrogen) atoms. The molecule has 0 bridgehead atoms. The zero-order chi connectivity index (χ0) is 11.1. The van der Waals surface area contributed by atoms with Gasteiger partial charge in [0.1, 0.15) is 5.78 Å². The topological polar surface area (TPSA) is 43.1 Å². The van der Waals surface area contributed by atoms with Gasteiger partial charge in [-0.1, -0.05) is 26.2 Å². The predicted molar refractivity (Wildman–Crippen MR) is 63.7 cm³/mol. The molecule has 0 aliphatic heterocycles. The molecule has 0 saturated heterocycles. The van der Waals surface area contributed by atoms with Crippen LogP contribution in [0.25, 0.3) is 0 Å². The summed E-state index contributed by atoms with van der Waals surface area (Å²) in [5, 5.41) is 0. The van der Waals surface area contributed by atoms with Crippen LogP contribution in [0.4, 0.5) is 0 Å². The second-order valence-electron chi connectivity index (χ2n) is 4.84. The number of carbonyl (C=O) groups excluding carboxylic acids is 1. The van der Waals surface area contributed by atoms with E-state index in [1.165, 1.54) is 12.8 Å². The molecule has 2 N–H and O–H groups in total. The smallest absolute Gasteiger partial charge is 0.135 e. The fraction of sp³-hybridized carbons (Fsp3) is 0.923. The van der Waals surface area contributed by atoms with E-state index in [1.54, 1.807) is 0 Å². The van der Waals surface area contributed by atoms with Crippen LogP contribution in [0.5, 0.6) is 0 Å². The molecule has 0 aromatic rings. The van der Waals surface area contributed by atoms with Gasteiger partial charge in [0.05, 0.1) is 0 Å². The molecule has 1 fully saturated rings. The van der Waals surface area contributed by atoms with Gasteiger partial charge in [-0.15, -0.1) is 0 Å². The maximum atomic E-state index is 11.8. The Morgan fingerprint density at radius 1 is 1.33 bits per heavy atom. The highest BCUT2D eigenvalue weighted by Gasteiger charge is 2.22. The van der Waals surface area contributed by atoms with Gasteiger partial charge in [-0.2, -0.15) is 0 Å². The number of rotatable bonds is 7. The van der Waals surface area contributed by atoms with E-state index in [4.69, 9.17) is 5.73 Å². The van der Waals surface area contributed by atoms with Gasteiger partial charge in [0, 0.05) is 12.3 Å². The third-order valence-electron chi connectivity index (χ3n) is 3.76. The molecular formula is C13H25NO. The molecule has 1 saturated carbocycles. The van der Waals surface area contributed by atoms with E-state index in [-0.39, 0.29) is 0 Å². The Balaban J connectivity index is 2.19. The van der Waals surface area contributed by atoms with Crippen LogP contribution in [0.1, 0.15) is 58.3 Å². The van der Waals surface area contributed by atoms with Crippen molar-refractivity contribution in [1.29, 1.82) is 0 Å². The van der Waals surface area contributed by atoms with Crippen molar-refractivity contribution in [3.63, 3.8) is 0 Å². The zero-order valence-corrected chi connectivity index (χ0v) is 10.0. The second-order valence-corrected chi connectivity index (χ2v) is 4.84. The standard InChI is InChI=1S/C13H25NO/c1-2-11(9-10-14)7-8-13(15)12-5-3-4-6-12/h11-12H,2-10,14H2,1H3. The maximum Gasteiger partial charge on any atom is 0.135 e. The fourth-order valence-electron chi connectivity index (χ4n) is 2.59. The lowest BCUT2D eigenvalue weighted by Gasteiger charge is -2.14. The molecule has 2 heteroatoms.